The molecule has 0 bridgehead atoms. The smallest absolute Gasteiger partial charge is 0.270 e. The van der Waals surface area contributed by atoms with Crippen molar-refractivity contribution in [1.82, 2.24) is 15.3 Å². The standard InChI is InChI=1S/C20H19N3O/c1-15-21-13-12-19(23-15)20(24)22-14-18(16-8-4-2-5-9-16)17-10-6-3-7-11-17/h2-13,18H,14H2,1H3,(H,22,24). The van der Waals surface area contributed by atoms with E-state index in [2.05, 4.69) is 39.6 Å². The molecule has 1 N–H and O–H groups in total. The van der Waals surface area contributed by atoms with Crippen LogP contribution in [0.1, 0.15) is 33.4 Å². The largest absolute Gasteiger partial charge is 0.350 e. The minimum atomic E-state index is -0.183. The van der Waals surface area contributed by atoms with Gasteiger partial charge in [-0.15, -0.1) is 0 Å². The van der Waals surface area contributed by atoms with E-state index in [1.54, 1.807) is 19.2 Å². The van der Waals surface area contributed by atoms with Gasteiger partial charge in [-0.3, -0.25) is 4.79 Å². The summed E-state index contributed by atoms with van der Waals surface area (Å²) < 4.78 is 0. The molecule has 0 radical (unpaired) electrons. The Kier molecular flexibility index (Phi) is 4.96. The van der Waals surface area contributed by atoms with Crippen LogP contribution >= 0.6 is 0 Å². The van der Waals surface area contributed by atoms with E-state index in [0.717, 1.165) is 0 Å². The van der Waals surface area contributed by atoms with E-state index >= 15 is 0 Å². The molecule has 1 aromatic heterocycles. The third kappa shape index (κ3) is 3.84. The number of carbonyl (C=O) groups excluding carboxylic acids is 1. The summed E-state index contributed by atoms with van der Waals surface area (Å²) in [7, 11) is 0. The fourth-order valence-electron chi connectivity index (χ4n) is 2.67. The lowest BCUT2D eigenvalue weighted by atomic mass is 9.91. The highest BCUT2D eigenvalue weighted by atomic mass is 16.1. The number of hydrogen-bond acceptors (Lipinski definition) is 3. The van der Waals surface area contributed by atoms with E-state index in [1.807, 2.05) is 36.4 Å². The van der Waals surface area contributed by atoms with Gasteiger partial charge in [0.25, 0.3) is 5.91 Å². The summed E-state index contributed by atoms with van der Waals surface area (Å²) in [5.74, 6) is 0.502. The van der Waals surface area contributed by atoms with Gasteiger partial charge < -0.3 is 5.32 Å². The van der Waals surface area contributed by atoms with Crippen molar-refractivity contribution in [3.05, 3.63) is 95.6 Å². The van der Waals surface area contributed by atoms with Gasteiger partial charge >= 0.3 is 0 Å². The maximum Gasteiger partial charge on any atom is 0.270 e. The average Bonchev–Trinajstić information content (AvgIpc) is 2.63. The van der Waals surface area contributed by atoms with Crippen molar-refractivity contribution in [2.24, 2.45) is 0 Å². The van der Waals surface area contributed by atoms with Crippen molar-refractivity contribution >= 4 is 5.91 Å². The molecule has 0 spiro atoms. The number of nitrogens with one attached hydrogen (secondary N) is 1. The zero-order chi connectivity index (χ0) is 16.8. The molecular formula is C20H19N3O. The summed E-state index contributed by atoms with van der Waals surface area (Å²) in [6, 6.07) is 22.0. The molecule has 0 atom stereocenters. The minimum Gasteiger partial charge on any atom is -0.350 e. The highest BCUT2D eigenvalue weighted by Gasteiger charge is 2.16. The number of carbonyl (C=O) groups is 1. The van der Waals surface area contributed by atoms with Crippen LogP contribution in [0.3, 0.4) is 0 Å². The summed E-state index contributed by atoms with van der Waals surface area (Å²) in [6.45, 7) is 2.28. The Hall–Kier alpha value is -3.01. The van der Waals surface area contributed by atoms with Gasteiger partial charge in [-0.2, -0.15) is 0 Å². The number of aromatic nitrogens is 2. The number of hydrogen-bond donors (Lipinski definition) is 1. The Balaban J connectivity index is 1.79. The SMILES string of the molecule is Cc1nccc(C(=O)NCC(c2ccccc2)c2ccccc2)n1. The van der Waals surface area contributed by atoms with E-state index < -0.39 is 0 Å². The van der Waals surface area contributed by atoms with Gasteiger partial charge in [0.15, 0.2) is 0 Å². The number of rotatable bonds is 5. The molecule has 0 saturated heterocycles. The summed E-state index contributed by atoms with van der Waals surface area (Å²) in [6.07, 6.45) is 1.60. The van der Waals surface area contributed by atoms with Crippen LogP contribution in [-0.4, -0.2) is 22.4 Å². The predicted molar refractivity (Wildman–Crippen MR) is 93.8 cm³/mol. The summed E-state index contributed by atoms with van der Waals surface area (Å²) in [4.78, 5) is 20.6. The molecule has 0 fully saturated rings. The van der Waals surface area contributed by atoms with Crippen molar-refractivity contribution in [2.45, 2.75) is 12.8 Å². The first-order valence-electron chi connectivity index (χ1n) is 7.92. The quantitative estimate of drug-likeness (QED) is 0.785. The molecule has 1 amide bonds. The van der Waals surface area contributed by atoms with Gasteiger partial charge in [0, 0.05) is 18.7 Å². The van der Waals surface area contributed by atoms with Crippen molar-refractivity contribution in [1.29, 1.82) is 0 Å². The van der Waals surface area contributed by atoms with E-state index in [1.165, 1.54) is 11.1 Å². The molecule has 0 aliphatic rings. The minimum absolute atomic E-state index is 0.0966. The predicted octanol–water partition coefficient (Wildman–Crippen LogP) is 3.35. The Bertz CT molecular complexity index is 764. The fourth-order valence-corrected chi connectivity index (χ4v) is 2.67. The molecule has 0 aliphatic heterocycles. The van der Waals surface area contributed by atoms with Crippen LogP contribution in [0.4, 0.5) is 0 Å². The third-order valence-corrected chi connectivity index (χ3v) is 3.88. The molecule has 120 valence electrons. The molecule has 4 nitrogen and oxygen atoms in total. The molecule has 24 heavy (non-hydrogen) atoms. The first kappa shape index (κ1) is 15.9. The Morgan fingerprint density at radius 1 is 0.958 bits per heavy atom. The Labute approximate surface area is 141 Å². The third-order valence-electron chi connectivity index (χ3n) is 3.88. The van der Waals surface area contributed by atoms with Gasteiger partial charge in [0.2, 0.25) is 0 Å². The highest BCUT2D eigenvalue weighted by Crippen LogP contribution is 2.23. The Morgan fingerprint density at radius 2 is 1.54 bits per heavy atom. The van der Waals surface area contributed by atoms with E-state index in [0.29, 0.717) is 18.1 Å². The van der Waals surface area contributed by atoms with E-state index in [-0.39, 0.29) is 11.8 Å². The van der Waals surface area contributed by atoms with Crippen molar-refractivity contribution < 1.29 is 4.79 Å². The lowest BCUT2D eigenvalue weighted by Crippen LogP contribution is -2.29. The zero-order valence-corrected chi connectivity index (χ0v) is 13.5. The monoisotopic (exact) mass is 317 g/mol. The van der Waals surface area contributed by atoms with Crippen molar-refractivity contribution in [3.63, 3.8) is 0 Å². The summed E-state index contributed by atoms with van der Waals surface area (Å²) in [5, 5.41) is 2.99. The van der Waals surface area contributed by atoms with Crippen molar-refractivity contribution in [2.75, 3.05) is 6.54 Å². The maximum absolute atomic E-state index is 12.4. The molecule has 0 unspecified atom stereocenters. The summed E-state index contributed by atoms with van der Waals surface area (Å²) in [5.41, 5.74) is 2.73. The molecule has 4 heteroatoms. The van der Waals surface area contributed by atoms with Crippen molar-refractivity contribution in [3.8, 4) is 0 Å². The normalized spacial score (nSPS) is 10.6. The zero-order valence-electron chi connectivity index (χ0n) is 13.5. The van der Waals surface area contributed by atoms with Gasteiger partial charge in [0.05, 0.1) is 0 Å². The van der Waals surface area contributed by atoms with Crippen LogP contribution in [0.2, 0.25) is 0 Å². The first-order valence-corrected chi connectivity index (χ1v) is 7.92. The number of nitrogens with zero attached hydrogens (tertiary/aromatic N) is 2. The van der Waals surface area contributed by atoms with Gasteiger partial charge in [0.1, 0.15) is 11.5 Å². The molecular weight excluding hydrogens is 298 g/mol. The average molecular weight is 317 g/mol. The van der Waals surface area contributed by atoms with Crippen LogP contribution in [0.5, 0.6) is 0 Å². The first-order chi connectivity index (χ1) is 11.7. The van der Waals surface area contributed by atoms with E-state index in [9.17, 15) is 4.79 Å². The lowest BCUT2D eigenvalue weighted by Gasteiger charge is -2.18. The Morgan fingerprint density at radius 3 is 2.08 bits per heavy atom. The fraction of sp³-hybridized carbons (Fsp3) is 0.150. The summed E-state index contributed by atoms with van der Waals surface area (Å²) >= 11 is 0. The maximum atomic E-state index is 12.4. The van der Waals surface area contributed by atoms with Crippen LogP contribution < -0.4 is 5.32 Å². The molecule has 3 aromatic rings. The second-order valence-corrected chi connectivity index (χ2v) is 5.57. The molecule has 3 rings (SSSR count). The molecule has 1 heterocycles. The lowest BCUT2D eigenvalue weighted by molar-refractivity contribution is 0.0947. The van der Waals surface area contributed by atoms with Crippen LogP contribution in [0, 0.1) is 6.92 Å². The van der Waals surface area contributed by atoms with Crippen LogP contribution in [-0.2, 0) is 0 Å². The van der Waals surface area contributed by atoms with Crippen LogP contribution in [0.25, 0.3) is 0 Å². The van der Waals surface area contributed by atoms with Crippen LogP contribution in [0.15, 0.2) is 72.9 Å². The number of benzene rings is 2. The topological polar surface area (TPSA) is 54.9 Å². The number of aryl methyl sites for hydroxylation is 1. The highest BCUT2D eigenvalue weighted by molar-refractivity contribution is 5.92. The van der Waals surface area contributed by atoms with Gasteiger partial charge in [-0.25, -0.2) is 9.97 Å². The molecule has 0 saturated carbocycles. The molecule has 0 aliphatic carbocycles. The molecule has 2 aromatic carbocycles. The number of amides is 1. The van der Waals surface area contributed by atoms with Gasteiger partial charge in [-0.05, 0) is 24.1 Å². The van der Waals surface area contributed by atoms with E-state index in [4.69, 9.17) is 0 Å². The second kappa shape index (κ2) is 7.51. The van der Waals surface area contributed by atoms with Gasteiger partial charge in [-0.1, -0.05) is 60.7 Å². The second-order valence-electron chi connectivity index (χ2n) is 5.57.